The Hall–Kier alpha value is -2.80. The van der Waals surface area contributed by atoms with Crippen molar-refractivity contribution in [1.82, 2.24) is 9.47 Å². The first-order valence-electron chi connectivity index (χ1n) is 10.6. The molecule has 0 bridgehead atoms. The minimum Gasteiger partial charge on any atom is -0.493 e. The molecule has 2 heterocycles. The van der Waals surface area contributed by atoms with E-state index in [9.17, 15) is 4.79 Å². The van der Waals surface area contributed by atoms with Crippen molar-refractivity contribution in [3.8, 4) is 5.75 Å². The topological polar surface area (TPSA) is 84.3 Å². The monoisotopic (exact) mass is 486 g/mol. The van der Waals surface area contributed by atoms with E-state index in [0.717, 1.165) is 66.1 Å². The third kappa shape index (κ3) is 6.16. The van der Waals surface area contributed by atoms with Gasteiger partial charge in [-0.05, 0) is 62.3 Å². The van der Waals surface area contributed by atoms with Crippen molar-refractivity contribution in [2.45, 2.75) is 19.4 Å². The molecule has 0 saturated carbocycles. The fourth-order valence-corrected chi connectivity index (χ4v) is 4.07. The predicted octanol–water partition coefficient (Wildman–Crippen LogP) is 5.20. The van der Waals surface area contributed by atoms with E-state index in [0.29, 0.717) is 11.1 Å². The van der Waals surface area contributed by atoms with E-state index in [1.54, 1.807) is 0 Å². The van der Waals surface area contributed by atoms with Gasteiger partial charge in [0.1, 0.15) is 10.9 Å². The van der Waals surface area contributed by atoms with E-state index in [1.165, 1.54) is 11.8 Å². The highest BCUT2D eigenvalue weighted by Crippen LogP contribution is 2.27. The number of ether oxygens (including phenoxy) is 1. The van der Waals surface area contributed by atoms with Gasteiger partial charge in [-0.1, -0.05) is 35.3 Å². The highest BCUT2D eigenvalue weighted by Gasteiger charge is 2.12. The number of likely N-dealkylation sites (N-methyl/N-ethyl adjacent to an activating group) is 1. The van der Waals surface area contributed by atoms with Crippen molar-refractivity contribution in [2.24, 2.45) is 5.73 Å². The molecule has 1 aliphatic rings. The molecule has 0 radical (unpaired) electrons. The Morgan fingerprint density at radius 2 is 2.06 bits per heavy atom. The summed E-state index contributed by atoms with van der Waals surface area (Å²) in [6.07, 6.45) is 6.23. The van der Waals surface area contributed by atoms with Crippen LogP contribution < -0.4 is 10.5 Å². The molecule has 0 amide bonds. The van der Waals surface area contributed by atoms with Gasteiger partial charge in [0.2, 0.25) is 0 Å². The summed E-state index contributed by atoms with van der Waals surface area (Å²) in [6.45, 7) is 2.46. The van der Waals surface area contributed by atoms with Gasteiger partial charge in [-0.3, -0.25) is 10.2 Å². The van der Waals surface area contributed by atoms with Gasteiger partial charge in [-0.2, -0.15) is 0 Å². The number of nitrogens with one attached hydrogen (secondary N) is 1. The summed E-state index contributed by atoms with van der Waals surface area (Å²) >= 11 is 11.6. The minimum atomic E-state index is -0.108. The molecule has 4 rings (SSSR count). The first kappa shape index (κ1) is 24.8. The summed E-state index contributed by atoms with van der Waals surface area (Å²) < 4.78 is 7.46. The Morgan fingerprint density at radius 3 is 2.73 bits per heavy atom. The van der Waals surface area contributed by atoms with Crippen molar-refractivity contribution in [2.75, 3.05) is 27.2 Å². The Bertz CT molecular complexity index is 1180. The highest BCUT2D eigenvalue weighted by molar-refractivity contribution is 6.75. The van der Waals surface area contributed by atoms with Crippen molar-refractivity contribution in [3.63, 3.8) is 0 Å². The van der Waals surface area contributed by atoms with Crippen LogP contribution in [0.15, 0.2) is 48.8 Å². The zero-order valence-electron chi connectivity index (χ0n) is 18.8. The molecular formula is C25H28Cl2N4O2. The molecule has 0 fully saturated rings. The first-order valence-corrected chi connectivity index (χ1v) is 11.4. The number of carbonyl (C=O) groups excluding carboxylic acids is 1. The van der Waals surface area contributed by atoms with Gasteiger partial charge >= 0.3 is 0 Å². The summed E-state index contributed by atoms with van der Waals surface area (Å²) in [5.74, 6) is 1.00. The number of rotatable bonds is 6. The normalized spacial score (nSPS) is 13.2. The number of aromatic nitrogens is 1. The number of allylic oxidation sites excluding steroid dienone is 1. The quantitative estimate of drug-likeness (QED) is 0.370. The van der Waals surface area contributed by atoms with Crippen molar-refractivity contribution in [3.05, 3.63) is 70.5 Å². The molecule has 0 unspecified atom stereocenters. The maximum atomic E-state index is 11.2. The number of fused-ring (bicyclic) bond motifs is 2. The summed E-state index contributed by atoms with van der Waals surface area (Å²) in [5.41, 5.74) is 9.61. The van der Waals surface area contributed by atoms with Gasteiger partial charge in [0.25, 0.3) is 0 Å². The molecule has 1 aromatic heterocycles. The standard InChI is InChI=1S/C16H19ClN4O.C9H9ClO/c1-20(2)5-6-21-9-12(10-22)13-4-3-11(7-15(13)21)14(8-18)16(17)19;10-8-3-4-9-7(6-8)2-1-5-11-9/h3-4,7-10,19H,5-6,18H2,1-2H3;3-4,6H,1-2,5H2/b14-8-,19-16?;. The number of nitrogens with zero attached hydrogens (tertiary/aromatic N) is 2. The second-order valence-electron chi connectivity index (χ2n) is 8.03. The second-order valence-corrected chi connectivity index (χ2v) is 8.84. The Kier molecular flexibility index (Phi) is 8.55. The van der Waals surface area contributed by atoms with Gasteiger partial charge in [0.15, 0.2) is 6.29 Å². The Morgan fingerprint density at radius 1 is 1.27 bits per heavy atom. The molecule has 3 aromatic rings. The molecule has 33 heavy (non-hydrogen) atoms. The number of halogens is 2. The SMILES string of the molecule is CN(C)CCn1cc(C=O)c2ccc(/C(=C/N)C(=N)Cl)cc21.Clc1ccc2c(c1)CCCO2. The largest absolute Gasteiger partial charge is 0.493 e. The van der Waals surface area contributed by atoms with Crippen LogP contribution >= 0.6 is 23.2 Å². The van der Waals surface area contributed by atoms with Gasteiger partial charge in [0, 0.05) is 52.5 Å². The average molecular weight is 487 g/mol. The van der Waals surface area contributed by atoms with Gasteiger partial charge in [-0.25, -0.2) is 0 Å². The minimum absolute atomic E-state index is 0.108. The molecule has 0 aliphatic carbocycles. The van der Waals surface area contributed by atoms with E-state index in [1.807, 2.05) is 61.3 Å². The fourth-order valence-electron chi connectivity index (χ4n) is 3.70. The van der Waals surface area contributed by atoms with Crippen LogP contribution in [-0.2, 0) is 13.0 Å². The Balaban J connectivity index is 0.000000231. The lowest BCUT2D eigenvalue weighted by atomic mass is 10.0. The number of hydrogen-bond donors (Lipinski definition) is 2. The van der Waals surface area contributed by atoms with E-state index in [2.05, 4.69) is 4.90 Å². The zero-order valence-corrected chi connectivity index (χ0v) is 20.3. The Labute approximate surface area is 204 Å². The van der Waals surface area contributed by atoms with Crippen LogP contribution in [0.25, 0.3) is 16.5 Å². The molecule has 0 spiro atoms. The van der Waals surface area contributed by atoms with Gasteiger partial charge < -0.3 is 19.9 Å². The number of aldehydes is 1. The van der Waals surface area contributed by atoms with Gasteiger partial charge in [-0.15, -0.1) is 0 Å². The molecule has 1 aliphatic heterocycles. The van der Waals surface area contributed by atoms with Crippen molar-refractivity contribution in [1.29, 1.82) is 5.41 Å². The molecule has 8 heteroatoms. The summed E-state index contributed by atoms with van der Waals surface area (Å²) in [6, 6.07) is 11.4. The third-order valence-electron chi connectivity index (χ3n) is 5.41. The fraction of sp³-hybridized carbons (Fsp3) is 0.280. The number of hydrogen-bond acceptors (Lipinski definition) is 5. The van der Waals surface area contributed by atoms with E-state index < -0.39 is 0 Å². The lowest BCUT2D eigenvalue weighted by molar-refractivity contribution is 0.112. The molecule has 2 aromatic carbocycles. The van der Waals surface area contributed by atoms with Crippen LogP contribution in [0.2, 0.25) is 5.02 Å². The first-order chi connectivity index (χ1) is 15.8. The van der Waals surface area contributed by atoms with Crippen LogP contribution in [0.5, 0.6) is 5.75 Å². The van der Waals surface area contributed by atoms with Gasteiger partial charge in [0.05, 0.1) is 6.61 Å². The van der Waals surface area contributed by atoms with E-state index in [4.69, 9.17) is 39.1 Å². The molecule has 6 nitrogen and oxygen atoms in total. The smallest absolute Gasteiger partial charge is 0.152 e. The number of benzene rings is 2. The summed E-state index contributed by atoms with van der Waals surface area (Å²) in [7, 11) is 4.00. The third-order valence-corrected chi connectivity index (χ3v) is 5.85. The maximum Gasteiger partial charge on any atom is 0.152 e. The van der Waals surface area contributed by atoms with E-state index in [-0.39, 0.29) is 5.17 Å². The number of aryl methyl sites for hydroxylation is 1. The second kappa shape index (κ2) is 11.4. The number of nitrogens with two attached hydrogens (primary N) is 1. The lowest BCUT2D eigenvalue weighted by Crippen LogP contribution is -2.18. The van der Waals surface area contributed by atoms with Crippen LogP contribution in [-0.4, -0.2) is 48.2 Å². The van der Waals surface area contributed by atoms with Crippen molar-refractivity contribution >= 4 is 51.1 Å². The van der Waals surface area contributed by atoms with Crippen LogP contribution in [0, 0.1) is 5.41 Å². The van der Waals surface area contributed by atoms with Crippen LogP contribution in [0.3, 0.4) is 0 Å². The number of carbonyl (C=O) groups is 1. The van der Waals surface area contributed by atoms with Crippen LogP contribution in [0.4, 0.5) is 0 Å². The van der Waals surface area contributed by atoms with Crippen LogP contribution in [0.1, 0.15) is 27.9 Å². The highest BCUT2D eigenvalue weighted by atomic mass is 35.5. The summed E-state index contributed by atoms with van der Waals surface area (Å²) in [4.78, 5) is 13.3. The molecule has 0 saturated heterocycles. The maximum absolute atomic E-state index is 11.2. The lowest BCUT2D eigenvalue weighted by Gasteiger charge is -2.16. The van der Waals surface area contributed by atoms with E-state index >= 15 is 0 Å². The van der Waals surface area contributed by atoms with Crippen molar-refractivity contribution < 1.29 is 9.53 Å². The molecule has 3 N–H and O–H groups in total. The molecular weight excluding hydrogens is 459 g/mol. The molecule has 174 valence electrons. The zero-order chi connectivity index (χ0) is 24.0. The molecule has 0 atom stereocenters. The summed E-state index contributed by atoms with van der Waals surface area (Å²) in [5, 5.41) is 9.15. The average Bonchev–Trinajstić information content (AvgIpc) is 3.15. The predicted molar refractivity (Wildman–Crippen MR) is 137 cm³/mol.